The van der Waals surface area contributed by atoms with Crippen LogP contribution in [0.1, 0.15) is 30.2 Å². The molecule has 1 N–H and O–H groups in total. The quantitative estimate of drug-likeness (QED) is 0.363. The lowest BCUT2D eigenvalue weighted by atomic mass is 10.1. The summed E-state index contributed by atoms with van der Waals surface area (Å²) in [6.07, 6.45) is 1.54. The van der Waals surface area contributed by atoms with E-state index in [1.54, 1.807) is 10.7 Å². The number of carbonyl (C=O) groups excluding carboxylic acids is 1. The smallest absolute Gasteiger partial charge is 0.271 e. The number of non-ortho nitro benzene ring substituents is 1. The summed E-state index contributed by atoms with van der Waals surface area (Å²) >= 11 is 0. The number of anilines is 1. The Bertz CT molecular complexity index is 1300. The predicted molar refractivity (Wildman–Crippen MR) is 114 cm³/mol. The highest BCUT2D eigenvalue weighted by Gasteiger charge is 2.20. The lowest BCUT2D eigenvalue weighted by molar-refractivity contribution is -0.384. The molecule has 1 amide bonds. The molecule has 156 valence electrons. The fourth-order valence-corrected chi connectivity index (χ4v) is 3.25. The average Bonchev–Trinajstić information content (AvgIpc) is 3.19. The van der Waals surface area contributed by atoms with Gasteiger partial charge in [-0.2, -0.15) is 5.10 Å². The van der Waals surface area contributed by atoms with Crippen LogP contribution in [0.3, 0.4) is 0 Å². The van der Waals surface area contributed by atoms with E-state index in [-0.39, 0.29) is 23.0 Å². The Morgan fingerprint density at radius 3 is 2.58 bits per heavy atom. The Balaban J connectivity index is 1.84. The topological polar surface area (TPSA) is 103 Å². The summed E-state index contributed by atoms with van der Waals surface area (Å²) in [6, 6.07) is 13.9. The van der Waals surface area contributed by atoms with E-state index in [9.17, 15) is 19.3 Å². The lowest BCUT2D eigenvalue weighted by Crippen LogP contribution is -2.14. The zero-order valence-electron chi connectivity index (χ0n) is 16.7. The van der Waals surface area contributed by atoms with Crippen LogP contribution in [0.15, 0.2) is 60.8 Å². The fourth-order valence-electron chi connectivity index (χ4n) is 3.25. The second-order valence-corrected chi connectivity index (χ2v) is 7.22. The SMILES string of the molecule is CC(C)n1ncc2c(C(=O)Nc3cc([N+](=O)[O-])ccc3F)cc(-c3ccccc3)nc21. The molecule has 2 heterocycles. The van der Waals surface area contributed by atoms with E-state index in [0.29, 0.717) is 16.7 Å². The number of benzene rings is 2. The number of nitro groups is 1. The largest absolute Gasteiger partial charge is 0.319 e. The number of amides is 1. The van der Waals surface area contributed by atoms with E-state index in [1.165, 1.54) is 6.20 Å². The van der Waals surface area contributed by atoms with E-state index >= 15 is 0 Å². The third-order valence-electron chi connectivity index (χ3n) is 4.78. The van der Waals surface area contributed by atoms with Crippen molar-refractivity contribution in [1.82, 2.24) is 14.8 Å². The van der Waals surface area contributed by atoms with Crippen molar-refractivity contribution in [3.63, 3.8) is 0 Å². The van der Waals surface area contributed by atoms with Crippen molar-refractivity contribution >= 4 is 28.3 Å². The van der Waals surface area contributed by atoms with Gasteiger partial charge in [-0.1, -0.05) is 30.3 Å². The van der Waals surface area contributed by atoms with Gasteiger partial charge in [0.15, 0.2) is 5.65 Å². The van der Waals surface area contributed by atoms with Crippen molar-refractivity contribution in [1.29, 1.82) is 0 Å². The van der Waals surface area contributed by atoms with Gasteiger partial charge < -0.3 is 5.32 Å². The summed E-state index contributed by atoms with van der Waals surface area (Å²) < 4.78 is 15.9. The zero-order chi connectivity index (χ0) is 22.1. The van der Waals surface area contributed by atoms with Crippen LogP contribution in [-0.2, 0) is 0 Å². The number of nitrogens with one attached hydrogen (secondary N) is 1. The second-order valence-electron chi connectivity index (χ2n) is 7.22. The first-order valence-corrected chi connectivity index (χ1v) is 9.54. The Morgan fingerprint density at radius 1 is 1.16 bits per heavy atom. The Kier molecular flexibility index (Phi) is 5.16. The number of nitro benzene ring substituents is 1. The maximum atomic E-state index is 14.2. The van der Waals surface area contributed by atoms with E-state index in [4.69, 9.17) is 0 Å². The van der Waals surface area contributed by atoms with Crippen molar-refractivity contribution in [3.05, 3.63) is 82.3 Å². The summed E-state index contributed by atoms with van der Waals surface area (Å²) in [6.45, 7) is 3.89. The average molecular weight is 419 g/mol. The lowest BCUT2D eigenvalue weighted by Gasteiger charge is -2.11. The van der Waals surface area contributed by atoms with E-state index in [0.717, 1.165) is 23.8 Å². The minimum atomic E-state index is -0.773. The number of pyridine rings is 1. The molecule has 4 aromatic rings. The molecule has 4 rings (SSSR count). The minimum Gasteiger partial charge on any atom is -0.319 e. The minimum absolute atomic E-state index is 0.00107. The number of aromatic nitrogens is 3. The highest BCUT2D eigenvalue weighted by molar-refractivity contribution is 6.12. The van der Waals surface area contributed by atoms with Crippen LogP contribution in [-0.4, -0.2) is 25.6 Å². The summed E-state index contributed by atoms with van der Waals surface area (Å²) in [4.78, 5) is 28.2. The van der Waals surface area contributed by atoms with E-state index in [1.807, 2.05) is 44.2 Å². The number of halogens is 1. The molecule has 0 spiro atoms. The van der Waals surface area contributed by atoms with Gasteiger partial charge in [-0.25, -0.2) is 14.1 Å². The number of fused-ring (bicyclic) bond motifs is 1. The van der Waals surface area contributed by atoms with Crippen LogP contribution in [0.5, 0.6) is 0 Å². The van der Waals surface area contributed by atoms with Gasteiger partial charge in [0.1, 0.15) is 5.82 Å². The molecule has 2 aromatic heterocycles. The number of hydrogen-bond acceptors (Lipinski definition) is 5. The van der Waals surface area contributed by atoms with Crippen LogP contribution in [0.4, 0.5) is 15.8 Å². The van der Waals surface area contributed by atoms with Crippen LogP contribution in [0, 0.1) is 15.9 Å². The van der Waals surface area contributed by atoms with E-state index < -0.39 is 16.6 Å². The second kappa shape index (κ2) is 7.94. The third kappa shape index (κ3) is 3.85. The van der Waals surface area contributed by atoms with Gasteiger partial charge in [0, 0.05) is 23.7 Å². The van der Waals surface area contributed by atoms with Crippen LogP contribution >= 0.6 is 0 Å². The van der Waals surface area contributed by atoms with Crippen LogP contribution in [0.2, 0.25) is 0 Å². The molecular formula is C22H18FN5O3. The first kappa shape index (κ1) is 20.1. The molecule has 0 aliphatic rings. The van der Waals surface area contributed by atoms with Crippen molar-refractivity contribution in [2.75, 3.05) is 5.32 Å². The van der Waals surface area contributed by atoms with Crippen molar-refractivity contribution in [2.45, 2.75) is 19.9 Å². The molecule has 0 unspecified atom stereocenters. The highest BCUT2D eigenvalue weighted by atomic mass is 19.1. The first-order chi connectivity index (χ1) is 14.8. The highest BCUT2D eigenvalue weighted by Crippen LogP contribution is 2.28. The molecule has 8 nitrogen and oxygen atoms in total. The fraction of sp³-hybridized carbons (Fsp3) is 0.136. The number of carbonyl (C=O) groups is 1. The van der Waals surface area contributed by atoms with Gasteiger partial charge in [0.2, 0.25) is 0 Å². The summed E-state index contributed by atoms with van der Waals surface area (Å²) in [7, 11) is 0. The molecule has 2 aromatic carbocycles. The maximum Gasteiger partial charge on any atom is 0.271 e. The third-order valence-corrected chi connectivity index (χ3v) is 4.78. The molecule has 9 heteroatoms. The molecule has 31 heavy (non-hydrogen) atoms. The molecule has 0 aliphatic heterocycles. The predicted octanol–water partition coefficient (Wildman–Crippen LogP) is 4.98. The Hall–Kier alpha value is -4.14. The molecule has 0 fully saturated rings. The van der Waals surface area contributed by atoms with Gasteiger partial charge in [-0.3, -0.25) is 14.9 Å². The summed E-state index contributed by atoms with van der Waals surface area (Å²) in [5.41, 5.74) is 1.51. The summed E-state index contributed by atoms with van der Waals surface area (Å²) in [5.74, 6) is -1.39. The van der Waals surface area contributed by atoms with Gasteiger partial charge in [0.25, 0.3) is 11.6 Å². The maximum absolute atomic E-state index is 14.2. The van der Waals surface area contributed by atoms with Gasteiger partial charge in [0.05, 0.1) is 33.5 Å². The van der Waals surface area contributed by atoms with Crippen LogP contribution in [0.25, 0.3) is 22.3 Å². The molecule has 0 aliphatic carbocycles. The van der Waals surface area contributed by atoms with Crippen molar-refractivity contribution < 1.29 is 14.1 Å². The van der Waals surface area contributed by atoms with Gasteiger partial charge in [-0.05, 0) is 26.0 Å². The standard InChI is InChI=1S/C22H18FN5O3/c1-13(2)27-21-17(12-24-27)16(11-19(25-21)14-6-4-3-5-7-14)22(29)26-20-10-15(28(30)31)8-9-18(20)23/h3-13H,1-2H3,(H,26,29). The molecule has 0 atom stereocenters. The normalized spacial score (nSPS) is 11.1. The van der Waals surface area contributed by atoms with Gasteiger partial charge >= 0.3 is 0 Å². The first-order valence-electron chi connectivity index (χ1n) is 9.54. The van der Waals surface area contributed by atoms with Crippen LogP contribution < -0.4 is 5.32 Å². The molecule has 0 radical (unpaired) electrons. The zero-order valence-corrected chi connectivity index (χ0v) is 16.7. The number of nitrogens with zero attached hydrogens (tertiary/aromatic N) is 4. The Labute approximate surface area is 176 Å². The molecule has 0 saturated carbocycles. The summed E-state index contributed by atoms with van der Waals surface area (Å²) in [5, 5.41) is 18.3. The number of rotatable bonds is 5. The molecular weight excluding hydrogens is 401 g/mol. The number of hydrogen-bond donors (Lipinski definition) is 1. The van der Waals surface area contributed by atoms with Crippen molar-refractivity contribution in [2.24, 2.45) is 0 Å². The monoisotopic (exact) mass is 419 g/mol. The van der Waals surface area contributed by atoms with Crippen molar-refractivity contribution in [3.8, 4) is 11.3 Å². The molecule has 0 bridgehead atoms. The Morgan fingerprint density at radius 2 is 1.90 bits per heavy atom. The molecule has 0 saturated heterocycles. The van der Waals surface area contributed by atoms with E-state index in [2.05, 4.69) is 15.4 Å². The van der Waals surface area contributed by atoms with Gasteiger partial charge in [-0.15, -0.1) is 0 Å².